The molecule has 0 atom stereocenters. The number of methoxy groups -OCH3 is 1. The number of rotatable bonds is 6. The van der Waals surface area contributed by atoms with E-state index in [1.54, 1.807) is 37.3 Å². The van der Waals surface area contributed by atoms with Crippen molar-refractivity contribution in [3.8, 4) is 11.5 Å². The van der Waals surface area contributed by atoms with Crippen molar-refractivity contribution in [3.05, 3.63) is 57.5 Å². The third-order valence-electron chi connectivity index (χ3n) is 3.09. The van der Waals surface area contributed by atoms with Gasteiger partial charge >= 0.3 is 0 Å². The zero-order valence-corrected chi connectivity index (χ0v) is 15.5. The van der Waals surface area contributed by atoms with E-state index < -0.39 is 0 Å². The highest BCUT2D eigenvalue weighted by Gasteiger charge is 2.08. The first-order chi connectivity index (χ1) is 11.5. The number of nitrogens with zero attached hydrogens (tertiary/aromatic N) is 1. The van der Waals surface area contributed by atoms with Gasteiger partial charge in [0.15, 0.2) is 18.1 Å². The number of amides is 1. The summed E-state index contributed by atoms with van der Waals surface area (Å²) in [4.78, 5) is 11.9. The van der Waals surface area contributed by atoms with Gasteiger partial charge < -0.3 is 9.47 Å². The van der Waals surface area contributed by atoms with E-state index in [9.17, 15) is 4.79 Å². The minimum absolute atomic E-state index is 0.171. The third-order valence-corrected chi connectivity index (χ3v) is 3.84. The summed E-state index contributed by atoms with van der Waals surface area (Å²) in [5.41, 5.74) is 3.99. The van der Waals surface area contributed by atoms with Crippen LogP contribution in [0.4, 0.5) is 0 Å². The Kier molecular flexibility index (Phi) is 6.63. The van der Waals surface area contributed by atoms with Gasteiger partial charge in [0, 0.05) is 9.50 Å². The number of ether oxygens (including phenoxy) is 2. The molecule has 0 unspecified atom stereocenters. The van der Waals surface area contributed by atoms with Gasteiger partial charge in [-0.15, -0.1) is 0 Å². The summed E-state index contributed by atoms with van der Waals surface area (Å²) in [6.45, 7) is 1.62. The van der Waals surface area contributed by atoms with Crippen LogP contribution < -0.4 is 14.9 Å². The molecule has 1 N–H and O–H groups in total. The van der Waals surface area contributed by atoms with Gasteiger partial charge in [-0.25, -0.2) is 5.43 Å². The summed E-state index contributed by atoms with van der Waals surface area (Å²) in [6.07, 6.45) is 0. The molecule has 7 heteroatoms. The Morgan fingerprint density at radius 1 is 1.21 bits per heavy atom. The molecule has 0 aliphatic carbocycles. The average molecular weight is 412 g/mol. The maximum absolute atomic E-state index is 11.9. The summed E-state index contributed by atoms with van der Waals surface area (Å²) >= 11 is 9.18. The highest BCUT2D eigenvalue weighted by atomic mass is 79.9. The minimum Gasteiger partial charge on any atom is -0.493 e. The molecule has 0 fully saturated rings. The van der Waals surface area contributed by atoms with Gasteiger partial charge in [0.1, 0.15) is 0 Å². The second kappa shape index (κ2) is 8.70. The Labute approximate surface area is 153 Å². The van der Waals surface area contributed by atoms with Gasteiger partial charge in [0.05, 0.1) is 12.8 Å². The van der Waals surface area contributed by atoms with E-state index in [0.29, 0.717) is 22.2 Å². The van der Waals surface area contributed by atoms with E-state index in [1.807, 2.05) is 12.1 Å². The van der Waals surface area contributed by atoms with Crippen molar-refractivity contribution in [1.82, 2.24) is 5.43 Å². The number of nitrogens with one attached hydrogen (secondary N) is 1. The summed E-state index contributed by atoms with van der Waals surface area (Å²) in [6, 6.07) is 12.5. The van der Waals surface area contributed by atoms with E-state index in [-0.39, 0.29) is 12.5 Å². The second-order valence-electron chi connectivity index (χ2n) is 4.82. The topological polar surface area (TPSA) is 59.9 Å². The highest BCUT2D eigenvalue weighted by Crippen LogP contribution is 2.30. The minimum atomic E-state index is -0.367. The number of halogens is 2. The van der Waals surface area contributed by atoms with Crippen LogP contribution in [0.2, 0.25) is 5.02 Å². The summed E-state index contributed by atoms with van der Waals surface area (Å²) in [7, 11) is 1.54. The number of hydrazone groups is 1. The maximum Gasteiger partial charge on any atom is 0.277 e. The molecule has 5 nitrogen and oxygen atoms in total. The Morgan fingerprint density at radius 3 is 2.58 bits per heavy atom. The lowest BCUT2D eigenvalue weighted by atomic mass is 10.1. The van der Waals surface area contributed by atoms with Crippen LogP contribution in [0, 0.1) is 0 Å². The third kappa shape index (κ3) is 5.25. The molecule has 0 saturated carbocycles. The quantitative estimate of drug-likeness (QED) is 0.577. The lowest BCUT2D eigenvalue weighted by molar-refractivity contribution is -0.123. The Bertz CT molecular complexity index is 748. The predicted molar refractivity (Wildman–Crippen MR) is 98.0 cm³/mol. The number of hydrogen-bond acceptors (Lipinski definition) is 4. The molecule has 0 saturated heterocycles. The fourth-order valence-electron chi connectivity index (χ4n) is 1.84. The van der Waals surface area contributed by atoms with Crippen molar-refractivity contribution in [1.29, 1.82) is 0 Å². The number of benzene rings is 2. The normalized spacial score (nSPS) is 11.1. The Hall–Kier alpha value is -2.05. The van der Waals surface area contributed by atoms with Gasteiger partial charge in [-0.05, 0) is 42.8 Å². The van der Waals surface area contributed by atoms with Crippen molar-refractivity contribution in [2.75, 3.05) is 13.7 Å². The highest BCUT2D eigenvalue weighted by molar-refractivity contribution is 9.10. The smallest absolute Gasteiger partial charge is 0.277 e. The lowest BCUT2D eigenvalue weighted by Gasteiger charge is -2.10. The Morgan fingerprint density at radius 2 is 1.92 bits per heavy atom. The SMILES string of the molecule is COc1cc(Br)ccc1OCC(=O)N/N=C(/C)c1ccc(Cl)cc1. The van der Waals surface area contributed by atoms with Crippen molar-refractivity contribution >= 4 is 39.1 Å². The average Bonchev–Trinajstić information content (AvgIpc) is 2.59. The van der Waals surface area contributed by atoms with Gasteiger partial charge in [-0.3, -0.25) is 4.79 Å². The van der Waals surface area contributed by atoms with Gasteiger partial charge in [-0.1, -0.05) is 39.7 Å². The Balaban J connectivity index is 1.91. The summed E-state index contributed by atoms with van der Waals surface area (Å²) in [5.74, 6) is 0.653. The first-order valence-electron chi connectivity index (χ1n) is 7.05. The molecule has 0 spiro atoms. The van der Waals surface area contributed by atoms with Crippen molar-refractivity contribution in [2.24, 2.45) is 5.10 Å². The van der Waals surface area contributed by atoms with Crippen molar-refractivity contribution in [3.63, 3.8) is 0 Å². The van der Waals surface area contributed by atoms with Gasteiger partial charge in [-0.2, -0.15) is 5.10 Å². The molecule has 0 aliphatic rings. The molecular weight excluding hydrogens is 396 g/mol. The van der Waals surface area contributed by atoms with Crippen LogP contribution in [0.3, 0.4) is 0 Å². The maximum atomic E-state index is 11.9. The molecule has 2 aromatic carbocycles. The standard InChI is InChI=1S/C17H16BrClN2O3/c1-11(12-3-6-14(19)7-4-12)20-21-17(22)10-24-15-8-5-13(18)9-16(15)23-2/h3-9H,10H2,1-2H3,(H,21,22)/b20-11-. The fourth-order valence-corrected chi connectivity index (χ4v) is 2.30. The molecule has 0 aromatic heterocycles. The van der Waals surface area contributed by atoms with Gasteiger partial charge in [0.2, 0.25) is 0 Å². The van der Waals surface area contributed by atoms with Crippen LogP contribution in [-0.2, 0) is 4.79 Å². The number of hydrogen-bond donors (Lipinski definition) is 1. The monoisotopic (exact) mass is 410 g/mol. The van der Waals surface area contributed by atoms with E-state index in [0.717, 1.165) is 10.0 Å². The van der Waals surface area contributed by atoms with Crippen LogP contribution in [0.5, 0.6) is 11.5 Å². The largest absolute Gasteiger partial charge is 0.493 e. The van der Waals surface area contributed by atoms with E-state index in [2.05, 4.69) is 26.5 Å². The zero-order valence-electron chi connectivity index (χ0n) is 13.2. The predicted octanol–water partition coefficient (Wildman–Crippen LogP) is 4.03. The molecule has 24 heavy (non-hydrogen) atoms. The van der Waals surface area contributed by atoms with Crippen LogP contribution in [0.15, 0.2) is 52.0 Å². The molecule has 0 radical (unpaired) electrons. The molecule has 0 heterocycles. The van der Waals surface area contributed by atoms with Crippen LogP contribution in [0.1, 0.15) is 12.5 Å². The first kappa shape index (κ1) is 18.3. The van der Waals surface area contributed by atoms with E-state index >= 15 is 0 Å². The van der Waals surface area contributed by atoms with Crippen LogP contribution >= 0.6 is 27.5 Å². The molecule has 2 aromatic rings. The fraction of sp³-hybridized carbons (Fsp3) is 0.176. The molecule has 0 aliphatic heterocycles. The summed E-state index contributed by atoms with van der Waals surface area (Å²) in [5, 5.41) is 4.69. The molecule has 126 valence electrons. The number of carbonyl (C=O) groups excluding carboxylic acids is 1. The van der Waals surface area contributed by atoms with Crippen molar-refractivity contribution in [2.45, 2.75) is 6.92 Å². The van der Waals surface area contributed by atoms with Crippen LogP contribution in [-0.4, -0.2) is 25.3 Å². The van der Waals surface area contributed by atoms with Gasteiger partial charge in [0.25, 0.3) is 5.91 Å². The first-order valence-corrected chi connectivity index (χ1v) is 8.22. The molecule has 0 bridgehead atoms. The zero-order chi connectivity index (χ0) is 17.5. The second-order valence-corrected chi connectivity index (χ2v) is 6.18. The van der Waals surface area contributed by atoms with E-state index in [1.165, 1.54) is 7.11 Å². The van der Waals surface area contributed by atoms with Crippen LogP contribution in [0.25, 0.3) is 0 Å². The lowest BCUT2D eigenvalue weighted by Crippen LogP contribution is -2.25. The van der Waals surface area contributed by atoms with E-state index in [4.69, 9.17) is 21.1 Å². The van der Waals surface area contributed by atoms with Crippen molar-refractivity contribution < 1.29 is 14.3 Å². The number of carbonyl (C=O) groups is 1. The summed E-state index contributed by atoms with van der Waals surface area (Å²) < 4.78 is 11.5. The molecular formula is C17H16BrClN2O3. The molecule has 2 rings (SSSR count). The molecule has 1 amide bonds.